The number of sulfonamides is 1. The highest BCUT2D eigenvalue weighted by molar-refractivity contribution is 7.92. The molecule has 6 nitrogen and oxygen atoms in total. The lowest BCUT2D eigenvalue weighted by Crippen LogP contribution is -2.18. The van der Waals surface area contributed by atoms with Gasteiger partial charge >= 0.3 is 6.18 Å². The Balaban J connectivity index is 1.98. The van der Waals surface area contributed by atoms with E-state index in [1.807, 2.05) is 4.72 Å². The summed E-state index contributed by atoms with van der Waals surface area (Å²) in [6.07, 6.45) is -3.39. The van der Waals surface area contributed by atoms with Crippen LogP contribution >= 0.6 is 11.3 Å². The number of benzene rings is 1. The number of thiophene rings is 1. The van der Waals surface area contributed by atoms with E-state index in [9.17, 15) is 26.4 Å². The van der Waals surface area contributed by atoms with Crippen molar-refractivity contribution < 1.29 is 26.4 Å². The number of aromatic nitrogens is 1. The molecule has 0 bridgehead atoms. The summed E-state index contributed by atoms with van der Waals surface area (Å²) in [4.78, 5) is 16.2. The molecule has 3 rings (SSSR count). The zero-order valence-electron chi connectivity index (χ0n) is 13.7. The van der Waals surface area contributed by atoms with Gasteiger partial charge < -0.3 is 5.32 Å². The third kappa shape index (κ3) is 4.55. The number of pyridine rings is 1. The predicted octanol–water partition coefficient (Wildman–Crippen LogP) is 3.94. The number of anilines is 2. The predicted molar refractivity (Wildman–Crippen MR) is 97.5 cm³/mol. The van der Waals surface area contributed by atoms with Crippen LogP contribution in [-0.4, -0.2) is 25.6 Å². The molecule has 0 saturated heterocycles. The Morgan fingerprint density at radius 1 is 1.19 bits per heavy atom. The monoisotopic (exact) mass is 415 g/mol. The van der Waals surface area contributed by atoms with Crippen molar-refractivity contribution >= 4 is 48.9 Å². The number of alkyl halides is 3. The van der Waals surface area contributed by atoms with Crippen molar-refractivity contribution in [2.24, 2.45) is 0 Å². The number of carbonyl (C=O) groups is 1. The van der Waals surface area contributed by atoms with Gasteiger partial charge in [0.15, 0.2) is 5.82 Å². The van der Waals surface area contributed by atoms with E-state index >= 15 is 0 Å². The fourth-order valence-corrected chi connectivity index (χ4v) is 3.72. The summed E-state index contributed by atoms with van der Waals surface area (Å²) in [6.45, 7) is 0. The number of rotatable bonds is 4. The molecule has 0 aliphatic carbocycles. The van der Waals surface area contributed by atoms with Gasteiger partial charge in [-0.1, -0.05) is 18.2 Å². The zero-order chi connectivity index (χ0) is 19.8. The van der Waals surface area contributed by atoms with E-state index in [4.69, 9.17) is 0 Å². The Morgan fingerprint density at radius 2 is 1.89 bits per heavy atom. The van der Waals surface area contributed by atoms with E-state index in [0.717, 1.165) is 27.7 Å². The van der Waals surface area contributed by atoms with Gasteiger partial charge in [-0.05, 0) is 23.6 Å². The topological polar surface area (TPSA) is 88.2 Å². The van der Waals surface area contributed by atoms with E-state index in [0.29, 0.717) is 12.3 Å². The molecule has 0 atom stereocenters. The lowest BCUT2D eigenvalue weighted by molar-refractivity contribution is -0.137. The van der Waals surface area contributed by atoms with Gasteiger partial charge in [-0.25, -0.2) is 13.4 Å². The van der Waals surface area contributed by atoms with Gasteiger partial charge in [-0.15, -0.1) is 11.3 Å². The first-order chi connectivity index (χ1) is 12.5. The first-order valence-corrected chi connectivity index (χ1v) is 10.1. The molecule has 3 aromatic rings. The van der Waals surface area contributed by atoms with Crippen LogP contribution in [0.25, 0.3) is 10.1 Å². The van der Waals surface area contributed by atoms with Gasteiger partial charge in [0.2, 0.25) is 10.0 Å². The number of nitrogens with zero attached hydrogens (tertiary/aromatic N) is 1. The summed E-state index contributed by atoms with van der Waals surface area (Å²) in [7, 11) is -3.81. The van der Waals surface area contributed by atoms with Crippen molar-refractivity contribution in [3.8, 4) is 0 Å². The number of amides is 1. The van der Waals surface area contributed by atoms with Gasteiger partial charge in [-0.2, -0.15) is 13.2 Å². The van der Waals surface area contributed by atoms with Crippen LogP contribution in [0.1, 0.15) is 15.2 Å². The van der Waals surface area contributed by atoms with Crippen LogP contribution in [0.15, 0.2) is 42.6 Å². The normalized spacial score (nSPS) is 12.1. The van der Waals surface area contributed by atoms with Crippen molar-refractivity contribution in [1.29, 1.82) is 0 Å². The molecule has 142 valence electrons. The summed E-state index contributed by atoms with van der Waals surface area (Å²) in [6, 6.07) is 9.42. The Kier molecular flexibility index (Phi) is 4.82. The van der Waals surface area contributed by atoms with E-state index in [1.54, 1.807) is 30.3 Å². The lowest BCUT2D eigenvalue weighted by Gasteiger charge is -2.13. The molecule has 1 aromatic carbocycles. The third-order valence-electron chi connectivity index (χ3n) is 3.39. The number of halogens is 3. The average molecular weight is 415 g/mol. The van der Waals surface area contributed by atoms with Crippen molar-refractivity contribution in [1.82, 2.24) is 4.98 Å². The van der Waals surface area contributed by atoms with Crippen LogP contribution in [-0.2, 0) is 16.2 Å². The number of fused-ring (bicyclic) bond motifs is 1. The number of hydrogen-bond acceptors (Lipinski definition) is 5. The second-order valence-electron chi connectivity index (χ2n) is 5.59. The minimum atomic E-state index is -4.70. The van der Waals surface area contributed by atoms with Crippen LogP contribution in [0.5, 0.6) is 0 Å². The van der Waals surface area contributed by atoms with Crippen LogP contribution < -0.4 is 10.0 Å². The minimum absolute atomic E-state index is 0.263. The standard InChI is InChI=1S/C16H12F3N3O3S2/c1-27(24,25)22-14-11(7-10(8-20-14)16(17,18)19)21-15(23)13-6-9-4-2-3-5-12(9)26-13/h2-8H,1H3,(H,20,22)(H,21,23). The van der Waals surface area contributed by atoms with Gasteiger partial charge in [0.1, 0.15) is 0 Å². The highest BCUT2D eigenvalue weighted by Crippen LogP contribution is 2.33. The summed E-state index contributed by atoms with van der Waals surface area (Å²) >= 11 is 1.16. The molecule has 27 heavy (non-hydrogen) atoms. The minimum Gasteiger partial charge on any atom is -0.318 e. The molecule has 2 heterocycles. The Morgan fingerprint density at radius 3 is 2.52 bits per heavy atom. The average Bonchev–Trinajstić information content (AvgIpc) is 2.98. The Bertz CT molecular complexity index is 1090. The number of hydrogen-bond donors (Lipinski definition) is 2. The quantitative estimate of drug-likeness (QED) is 0.676. The summed E-state index contributed by atoms with van der Waals surface area (Å²) in [5.74, 6) is -1.08. The highest BCUT2D eigenvalue weighted by Gasteiger charge is 2.32. The molecule has 0 spiro atoms. The highest BCUT2D eigenvalue weighted by atomic mass is 32.2. The van der Waals surface area contributed by atoms with Gasteiger partial charge in [0.25, 0.3) is 5.91 Å². The SMILES string of the molecule is CS(=O)(=O)Nc1ncc(C(F)(F)F)cc1NC(=O)c1cc2ccccc2s1. The maximum absolute atomic E-state index is 12.9. The van der Waals surface area contributed by atoms with Crippen molar-refractivity contribution in [2.45, 2.75) is 6.18 Å². The summed E-state index contributed by atoms with van der Waals surface area (Å²) in [5, 5.41) is 3.11. The van der Waals surface area contributed by atoms with E-state index in [1.165, 1.54) is 0 Å². The Hall–Kier alpha value is -2.66. The first kappa shape index (κ1) is 19.1. The summed E-state index contributed by atoms with van der Waals surface area (Å²) < 4.78 is 64.5. The van der Waals surface area contributed by atoms with Crippen molar-refractivity contribution in [3.63, 3.8) is 0 Å². The van der Waals surface area contributed by atoms with Gasteiger partial charge in [0.05, 0.1) is 22.4 Å². The van der Waals surface area contributed by atoms with E-state index in [-0.39, 0.29) is 4.88 Å². The molecule has 11 heteroatoms. The fraction of sp³-hybridized carbons (Fsp3) is 0.125. The van der Waals surface area contributed by atoms with Crippen LogP contribution in [0.3, 0.4) is 0 Å². The molecule has 2 N–H and O–H groups in total. The molecule has 0 aliphatic heterocycles. The molecule has 0 aliphatic rings. The summed E-state index contributed by atoms with van der Waals surface area (Å²) in [5.41, 5.74) is -1.51. The third-order valence-corrected chi connectivity index (χ3v) is 5.07. The molecular weight excluding hydrogens is 403 g/mol. The van der Waals surface area contributed by atoms with Crippen LogP contribution in [0.4, 0.5) is 24.7 Å². The van der Waals surface area contributed by atoms with E-state index < -0.39 is 39.2 Å². The maximum atomic E-state index is 12.9. The Labute approximate surface area is 156 Å². The molecule has 1 amide bonds. The van der Waals surface area contributed by atoms with Crippen molar-refractivity contribution in [3.05, 3.63) is 53.0 Å². The van der Waals surface area contributed by atoms with E-state index in [2.05, 4.69) is 10.3 Å². The van der Waals surface area contributed by atoms with Gasteiger partial charge in [0, 0.05) is 10.9 Å². The first-order valence-electron chi connectivity index (χ1n) is 7.38. The number of nitrogens with one attached hydrogen (secondary N) is 2. The van der Waals surface area contributed by atoms with Crippen LogP contribution in [0, 0.1) is 0 Å². The molecule has 0 radical (unpaired) electrons. The van der Waals surface area contributed by atoms with Crippen LogP contribution in [0.2, 0.25) is 0 Å². The molecular formula is C16H12F3N3O3S2. The van der Waals surface area contributed by atoms with Crippen molar-refractivity contribution in [2.75, 3.05) is 16.3 Å². The molecule has 0 saturated carbocycles. The smallest absolute Gasteiger partial charge is 0.318 e. The molecule has 0 unspecified atom stereocenters. The fourth-order valence-electron chi connectivity index (χ4n) is 2.25. The molecule has 0 fully saturated rings. The lowest BCUT2D eigenvalue weighted by atomic mass is 10.2. The largest absolute Gasteiger partial charge is 0.417 e. The second-order valence-corrected chi connectivity index (χ2v) is 8.43. The molecule has 2 aromatic heterocycles. The number of carbonyl (C=O) groups excluding carboxylic acids is 1. The second kappa shape index (κ2) is 6.82. The zero-order valence-corrected chi connectivity index (χ0v) is 15.3. The maximum Gasteiger partial charge on any atom is 0.417 e. The van der Waals surface area contributed by atoms with Gasteiger partial charge in [-0.3, -0.25) is 9.52 Å².